The van der Waals surface area contributed by atoms with E-state index in [0.29, 0.717) is 0 Å². The van der Waals surface area contributed by atoms with Gasteiger partial charge in [0.05, 0.1) is 11.1 Å². The van der Waals surface area contributed by atoms with Gasteiger partial charge >= 0.3 is 18.3 Å². The molecule has 0 aliphatic rings. The van der Waals surface area contributed by atoms with Crippen molar-refractivity contribution < 1.29 is 45.7 Å². The molecule has 1 aromatic carbocycles. The molecule has 20 heavy (non-hydrogen) atoms. The van der Waals surface area contributed by atoms with Crippen LogP contribution in [0.3, 0.4) is 0 Å². The molecule has 1 aromatic rings. The molecular weight excluding hydrogens is 301 g/mol. The number of alkyl halides is 6. The van der Waals surface area contributed by atoms with Crippen molar-refractivity contribution >= 4 is 5.97 Å². The van der Waals surface area contributed by atoms with E-state index in [-0.39, 0.29) is 12.1 Å². The second-order valence-corrected chi connectivity index (χ2v) is 3.62. The van der Waals surface area contributed by atoms with E-state index in [1.807, 2.05) is 0 Å². The Labute approximate surface area is 106 Å². The molecule has 0 radical (unpaired) electrons. The van der Waals surface area contributed by atoms with Crippen molar-refractivity contribution in [3.63, 3.8) is 0 Å². The summed E-state index contributed by atoms with van der Waals surface area (Å²) >= 11 is 0. The summed E-state index contributed by atoms with van der Waals surface area (Å²) in [7, 11) is 0. The van der Waals surface area contributed by atoms with E-state index in [9.17, 15) is 35.5 Å². The number of aliphatic hydroxyl groups is 1. The third-order valence-corrected chi connectivity index (χ3v) is 2.29. The number of carbonyl (C=O) groups is 1. The Morgan fingerprint density at radius 1 is 1.05 bits per heavy atom. The minimum atomic E-state index is -5.70. The van der Waals surface area contributed by atoms with Gasteiger partial charge in [0.15, 0.2) is 6.10 Å². The average Bonchev–Trinajstić information content (AvgIpc) is 2.24. The number of halogens is 7. The monoisotopic (exact) mass is 306 g/mol. The number of benzene rings is 1. The summed E-state index contributed by atoms with van der Waals surface area (Å²) in [4.78, 5) is 10.4. The third kappa shape index (κ3) is 3.00. The molecule has 0 aliphatic heterocycles. The number of rotatable bonds is 2. The van der Waals surface area contributed by atoms with Crippen LogP contribution in [0.2, 0.25) is 0 Å². The summed E-state index contributed by atoms with van der Waals surface area (Å²) in [5.74, 6) is -4.21. The van der Waals surface area contributed by atoms with E-state index in [1.54, 1.807) is 0 Å². The van der Waals surface area contributed by atoms with Crippen molar-refractivity contribution in [2.45, 2.75) is 18.5 Å². The predicted molar refractivity (Wildman–Crippen MR) is 49.0 cm³/mol. The summed E-state index contributed by atoms with van der Waals surface area (Å²) in [6, 6.07) is -0.157. The van der Waals surface area contributed by atoms with Crippen molar-refractivity contribution in [1.29, 1.82) is 0 Å². The second-order valence-electron chi connectivity index (χ2n) is 3.62. The Balaban J connectivity index is 3.78. The van der Waals surface area contributed by atoms with Crippen molar-refractivity contribution in [3.05, 3.63) is 34.6 Å². The van der Waals surface area contributed by atoms with Crippen LogP contribution in [0.1, 0.15) is 22.8 Å². The Kier molecular flexibility index (Phi) is 3.99. The number of aliphatic carboxylic acids is 1. The molecule has 0 heterocycles. The highest BCUT2D eigenvalue weighted by atomic mass is 19.4. The maximum atomic E-state index is 13.3. The van der Waals surface area contributed by atoms with Gasteiger partial charge in [-0.05, 0) is 12.1 Å². The highest BCUT2D eigenvalue weighted by molar-refractivity contribution is 5.75. The lowest BCUT2D eigenvalue weighted by Crippen LogP contribution is -2.24. The maximum Gasteiger partial charge on any atom is 0.417 e. The first kappa shape index (κ1) is 16.2. The van der Waals surface area contributed by atoms with Gasteiger partial charge in [0.1, 0.15) is 5.82 Å². The van der Waals surface area contributed by atoms with Crippen LogP contribution in [-0.2, 0) is 17.1 Å². The standard InChI is InChI=1S/C10H5F7O3/c11-4-2-1-3(9(12,13)14)6(10(15,16)17)5(4)7(18)8(19)20/h1-2,7,18H,(H,19,20). The first-order valence-corrected chi connectivity index (χ1v) is 4.75. The van der Waals surface area contributed by atoms with Crippen LogP contribution < -0.4 is 0 Å². The SMILES string of the molecule is O=C(O)C(O)c1c(F)ccc(C(F)(F)F)c1C(F)(F)F. The van der Waals surface area contributed by atoms with Crippen LogP contribution in [0.15, 0.2) is 12.1 Å². The van der Waals surface area contributed by atoms with Crippen molar-refractivity contribution in [2.24, 2.45) is 0 Å². The van der Waals surface area contributed by atoms with Gasteiger partial charge < -0.3 is 10.2 Å². The van der Waals surface area contributed by atoms with Crippen LogP contribution >= 0.6 is 0 Å². The van der Waals surface area contributed by atoms with Crippen molar-refractivity contribution in [1.82, 2.24) is 0 Å². The molecule has 0 aromatic heterocycles. The van der Waals surface area contributed by atoms with E-state index in [1.165, 1.54) is 0 Å². The van der Waals surface area contributed by atoms with Gasteiger partial charge in [0.2, 0.25) is 0 Å². The molecule has 1 unspecified atom stereocenters. The zero-order valence-electron chi connectivity index (χ0n) is 9.18. The minimum Gasteiger partial charge on any atom is -0.479 e. The van der Waals surface area contributed by atoms with E-state index in [2.05, 4.69) is 0 Å². The van der Waals surface area contributed by atoms with Crippen molar-refractivity contribution in [2.75, 3.05) is 0 Å². The van der Waals surface area contributed by atoms with Crippen LogP contribution in [0.5, 0.6) is 0 Å². The van der Waals surface area contributed by atoms with Gasteiger partial charge in [-0.2, -0.15) is 26.3 Å². The normalized spacial score (nSPS) is 14.2. The fourth-order valence-corrected chi connectivity index (χ4v) is 1.53. The first-order valence-electron chi connectivity index (χ1n) is 4.75. The highest BCUT2D eigenvalue weighted by Crippen LogP contribution is 2.44. The lowest BCUT2D eigenvalue weighted by atomic mass is 9.95. The molecule has 0 fully saturated rings. The second kappa shape index (κ2) is 4.93. The maximum absolute atomic E-state index is 13.3. The van der Waals surface area contributed by atoms with E-state index in [0.717, 1.165) is 0 Å². The molecule has 1 rings (SSSR count). The molecule has 0 aliphatic carbocycles. The zero-order valence-corrected chi connectivity index (χ0v) is 9.18. The van der Waals surface area contributed by atoms with Gasteiger partial charge in [-0.25, -0.2) is 9.18 Å². The summed E-state index contributed by atoms with van der Waals surface area (Å²) in [5.41, 5.74) is -6.80. The average molecular weight is 306 g/mol. The largest absolute Gasteiger partial charge is 0.479 e. The summed E-state index contributed by atoms with van der Waals surface area (Å²) < 4.78 is 88.8. The number of hydrogen-bond donors (Lipinski definition) is 2. The Morgan fingerprint density at radius 2 is 1.55 bits per heavy atom. The molecule has 0 saturated heterocycles. The quantitative estimate of drug-likeness (QED) is 0.826. The summed E-state index contributed by atoms with van der Waals surface area (Å²) in [6.07, 6.45) is -14.3. The van der Waals surface area contributed by atoms with Gasteiger partial charge in [-0.15, -0.1) is 0 Å². The van der Waals surface area contributed by atoms with Crippen molar-refractivity contribution in [3.8, 4) is 0 Å². The molecule has 0 bridgehead atoms. The number of hydrogen-bond acceptors (Lipinski definition) is 2. The lowest BCUT2D eigenvalue weighted by molar-refractivity contribution is -0.164. The smallest absolute Gasteiger partial charge is 0.417 e. The summed E-state index contributed by atoms with van der Waals surface area (Å²) in [5, 5.41) is 17.4. The lowest BCUT2D eigenvalue weighted by Gasteiger charge is -2.20. The third-order valence-electron chi connectivity index (χ3n) is 2.29. The molecule has 0 saturated carbocycles. The van der Waals surface area contributed by atoms with Crippen LogP contribution in [-0.4, -0.2) is 16.2 Å². The van der Waals surface area contributed by atoms with Gasteiger partial charge in [0, 0.05) is 5.56 Å². The van der Waals surface area contributed by atoms with Crippen LogP contribution in [0, 0.1) is 5.82 Å². The molecule has 3 nitrogen and oxygen atoms in total. The first-order chi connectivity index (χ1) is 8.87. The molecule has 1 atom stereocenters. The molecule has 112 valence electrons. The molecule has 0 spiro atoms. The molecule has 2 N–H and O–H groups in total. The number of carboxylic acids is 1. The Bertz CT molecular complexity index is 533. The van der Waals surface area contributed by atoms with E-state index >= 15 is 0 Å². The van der Waals surface area contributed by atoms with E-state index < -0.39 is 46.9 Å². The van der Waals surface area contributed by atoms with Gasteiger partial charge in [-0.3, -0.25) is 0 Å². The minimum absolute atomic E-state index is 0.0134. The van der Waals surface area contributed by atoms with Crippen LogP contribution in [0.25, 0.3) is 0 Å². The Hall–Kier alpha value is -1.84. The zero-order chi connectivity index (χ0) is 15.9. The topological polar surface area (TPSA) is 57.5 Å². The number of aliphatic hydroxyl groups excluding tert-OH is 1. The molecule has 10 heteroatoms. The van der Waals surface area contributed by atoms with E-state index in [4.69, 9.17) is 10.2 Å². The number of carboxylic acid groups (broad SMARTS) is 1. The molecular formula is C10H5F7O3. The van der Waals surface area contributed by atoms with Crippen LogP contribution in [0.4, 0.5) is 30.7 Å². The predicted octanol–water partition coefficient (Wildman–Crippen LogP) is 2.98. The summed E-state index contributed by atoms with van der Waals surface area (Å²) in [6.45, 7) is 0. The fraction of sp³-hybridized carbons (Fsp3) is 0.300. The Morgan fingerprint density at radius 3 is 1.90 bits per heavy atom. The molecule has 0 amide bonds. The fourth-order valence-electron chi connectivity index (χ4n) is 1.53. The van der Waals surface area contributed by atoms with Gasteiger partial charge in [0.25, 0.3) is 0 Å². The van der Waals surface area contributed by atoms with Gasteiger partial charge in [-0.1, -0.05) is 0 Å². The highest BCUT2D eigenvalue weighted by Gasteiger charge is 2.47.